The first-order valence-corrected chi connectivity index (χ1v) is 11.9. The summed E-state index contributed by atoms with van der Waals surface area (Å²) in [6.45, 7) is 8.58. The molecule has 1 heterocycles. The van der Waals surface area contributed by atoms with Crippen LogP contribution in [0.2, 0.25) is 0 Å². The summed E-state index contributed by atoms with van der Waals surface area (Å²) in [6.07, 6.45) is -0.127. The second-order valence-electron chi connectivity index (χ2n) is 8.74. The molecule has 0 aliphatic carbocycles. The molecule has 3 aromatic rings. The molecular weight excluding hydrogens is 410 g/mol. The average Bonchev–Trinajstić information content (AvgIpc) is 3.10. The van der Waals surface area contributed by atoms with Crippen molar-refractivity contribution in [3.63, 3.8) is 0 Å². The van der Waals surface area contributed by atoms with Gasteiger partial charge in [-0.05, 0) is 24.6 Å². The number of aryl methyl sites for hydroxylation is 1. The summed E-state index contributed by atoms with van der Waals surface area (Å²) >= 11 is 0. The molecule has 31 heavy (non-hydrogen) atoms. The third kappa shape index (κ3) is 6.04. The monoisotopic (exact) mass is 439 g/mol. The highest BCUT2D eigenvalue weighted by Crippen LogP contribution is 2.25. The maximum Gasteiger partial charge on any atom is 0.226 e. The lowest BCUT2D eigenvalue weighted by molar-refractivity contribution is -0.115. The van der Waals surface area contributed by atoms with Crippen LogP contribution in [-0.2, 0) is 26.6 Å². The van der Waals surface area contributed by atoms with Crippen LogP contribution in [0.25, 0.3) is 0 Å². The van der Waals surface area contributed by atoms with E-state index in [2.05, 4.69) is 31.2 Å². The third-order valence-corrected chi connectivity index (χ3v) is 6.70. The quantitative estimate of drug-likeness (QED) is 0.594. The van der Waals surface area contributed by atoms with Gasteiger partial charge in [0.25, 0.3) is 0 Å². The number of nitrogens with zero attached hydrogens (tertiary/aromatic N) is 2. The molecule has 0 saturated carbocycles. The summed E-state index contributed by atoms with van der Waals surface area (Å²) in [7, 11) is -3.52. The van der Waals surface area contributed by atoms with E-state index in [9.17, 15) is 13.2 Å². The zero-order chi connectivity index (χ0) is 22.6. The standard InChI is InChI=1S/C24H29N3O3S/c1-18-10-12-20(13-11-18)31(29,30)15-14-23(28)25-22-16-21(24(2,3)4)26-27(22)17-19-8-6-5-7-9-19/h5-13,16H,14-15,17H2,1-4H3,(H,25,28). The van der Waals surface area contributed by atoms with Gasteiger partial charge in [-0.3, -0.25) is 4.79 Å². The molecule has 0 saturated heterocycles. The van der Waals surface area contributed by atoms with Gasteiger partial charge in [0.15, 0.2) is 9.84 Å². The predicted molar refractivity (Wildman–Crippen MR) is 123 cm³/mol. The van der Waals surface area contributed by atoms with Gasteiger partial charge >= 0.3 is 0 Å². The number of rotatable bonds is 7. The highest BCUT2D eigenvalue weighted by Gasteiger charge is 2.22. The minimum Gasteiger partial charge on any atom is -0.311 e. The van der Waals surface area contributed by atoms with Crippen molar-refractivity contribution in [1.29, 1.82) is 0 Å². The van der Waals surface area contributed by atoms with Crippen LogP contribution in [0.15, 0.2) is 65.6 Å². The molecule has 3 rings (SSSR count). The van der Waals surface area contributed by atoms with E-state index in [4.69, 9.17) is 0 Å². The van der Waals surface area contributed by atoms with Crippen LogP contribution in [0, 0.1) is 6.92 Å². The molecule has 0 radical (unpaired) electrons. The number of hydrogen-bond acceptors (Lipinski definition) is 4. The molecule has 164 valence electrons. The van der Waals surface area contributed by atoms with Crippen molar-refractivity contribution in [3.8, 4) is 0 Å². The summed E-state index contributed by atoms with van der Waals surface area (Å²) in [5.74, 6) is -0.0437. The predicted octanol–water partition coefficient (Wildman–Crippen LogP) is 4.34. The molecule has 1 amide bonds. The van der Waals surface area contributed by atoms with Crippen LogP contribution in [0.4, 0.5) is 5.82 Å². The molecule has 0 aliphatic rings. The van der Waals surface area contributed by atoms with Crippen LogP contribution in [-0.4, -0.2) is 29.9 Å². The number of anilines is 1. The van der Waals surface area contributed by atoms with Gasteiger partial charge in [0.05, 0.1) is 22.9 Å². The minimum atomic E-state index is -3.52. The van der Waals surface area contributed by atoms with Crippen LogP contribution in [0.5, 0.6) is 0 Å². The molecule has 7 heteroatoms. The molecule has 1 aromatic heterocycles. The second-order valence-corrected chi connectivity index (χ2v) is 10.8. The van der Waals surface area contributed by atoms with Gasteiger partial charge in [-0.15, -0.1) is 0 Å². The summed E-state index contributed by atoms with van der Waals surface area (Å²) < 4.78 is 26.8. The number of aromatic nitrogens is 2. The molecular formula is C24H29N3O3S. The van der Waals surface area contributed by atoms with Gasteiger partial charge in [-0.2, -0.15) is 5.10 Å². The highest BCUT2D eigenvalue weighted by atomic mass is 32.2. The van der Waals surface area contributed by atoms with Crippen molar-refractivity contribution < 1.29 is 13.2 Å². The summed E-state index contributed by atoms with van der Waals surface area (Å²) in [5.41, 5.74) is 2.71. The van der Waals surface area contributed by atoms with Crippen molar-refractivity contribution in [3.05, 3.63) is 77.5 Å². The fourth-order valence-electron chi connectivity index (χ4n) is 3.06. The van der Waals surface area contributed by atoms with E-state index in [1.807, 2.05) is 43.3 Å². The summed E-state index contributed by atoms with van der Waals surface area (Å²) in [6, 6.07) is 18.4. The maximum atomic E-state index is 12.6. The van der Waals surface area contributed by atoms with E-state index in [1.165, 1.54) is 0 Å². The van der Waals surface area contributed by atoms with Crippen molar-refractivity contribution in [2.75, 3.05) is 11.1 Å². The summed E-state index contributed by atoms with van der Waals surface area (Å²) in [4.78, 5) is 12.8. The van der Waals surface area contributed by atoms with Gasteiger partial charge in [0, 0.05) is 17.9 Å². The number of hydrogen-bond donors (Lipinski definition) is 1. The molecule has 0 bridgehead atoms. The number of amides is 1. The Morgan fingerprint density at radius 2 is 1.68 bits per heavy atom. The Morgan fingerprint density at radius 1 is 1.03 bits per heavy atom. The number of benzene rings is 2. The molecule has 2 aromatic carbocycles. The van der Waals surface area contributed by atoms with E-state index in [0.29, 0.717) is 12.4 Å². The average molecular weight is 440 g/mol. The van der Waals surface area contributed by atoms with Gasteiger partial charge < -0.3 is 5.32 Å². The molecule has 0 atom stereocenters. The number of nitrogens with one attached hydrogen (secondary N) is 1. The third-order valence-electron chi connectivity index (χ3n) is 4.97. The van der Waals surface area contributed by atoms with Gasteiger partial charge in [0.2, 0.25) is 5.91 Å². The molecule has 6 nitrogen and oxygen atoms in total. The van der Waals surface area contributed by atoms with Crippen molar-refractivity contribution in [2.24, 2.45) is 0 Å². The van der Waals surface area contributed by atoms with Crippen LogP contribution in [0.3, 0.4) is 0 Å². The van der Waals surface area contributed by atoms with E-state index in [0.717, 1.165) is 16.8 Å². The molecule has 0 fully saturated rings. The lowest BCUT2D eigenvalue weighted by Crippen LogP contribution is -2.19. The molecule has 0 unspecified atom stereocenters. The first kappa shape index (κ1) is 22.7. The Morgan fingerprint density at radius 3 is 2.29 bits per heavy atom. The van der Waals surface area contributed by atoms with E-state index in [-0.39, 0.29) is 28.4 Å². The van der Waals surface area contributed by atoms with Crippen molar-refractivity contribution in [2.45, 2.75) is 51.0 Å². The Bertz CT molecular complexity index is 1140. The van der Waals surface area contributed by atoms with E-state index >= 15 is 0 Å². The topological polar surface area (TPSA) is 81.1 Å². The SMILES string of the molecule is Cc1ccc(S(=O)(=O)CCC(=O)Nc2cc(C(C)(C)C)nn2Cc2ccccc2)cc1. The molecule has 1 N–H and O–H groups in total. The fourth-order valence-corrected chi connectivity index (χ4v) is 4.30. The second kappa shape index (κ2) is 9.06. The minimum absolute atomic E-state index is 0.127. The molecule has 0 aliphatic heterocycles. The van der Waals surface area contributed by atoms with Crippen LogP contribution >= 0.6 is 0 Å². The molecule has 0 spiro atoms. The Labute approximate surface area is 184 Å². The van der Waals surface area contributed by atoms with Crippen LogP contribution in [0.1, 0.15) is 44.0 Å². The van der Waals surface area contributed by atoms with Gasteiger partial charge in [-0.1, -0.05) is 68.8 Å². The van der Waals surface area contributed by atoms with Gasteiger partial charge in [0.1, 0.15) is 5.82 Å². The first-order valence-electron chi connectivity index (χ1n) is 10.3. The Balaban J connectivity index is 1.73. The van der Waals surface area contributed by atoms with Crippen molar-refractivity contribution >= 4 is 21.6 Å². The highest BCUT2D eigenvalue weighted by molar-refractivity contribution is 7.91. The lowest BCUT2D eigenvalue weighted by Gasteiger charge is -2.14. The zero-order valence-electron chi connectivity index (χ0n) is 18.4. The zero-order valence-corrected chi connectivity index (χ0v) is 19.2. The first-order chi connectivity index (χ1) is 14.5. The largest absolute Gasteiger partial charge is 0.311 e. The summed E-state index contributed by atoms with van der Waals surface area (Å²) in [5, 5.41) is 7.53. The Kier molecular flexibility index (Phi) is 6.65. The smallest absolute Gasteiger partial charge is 0.226 e. The van der Waals surface area contributed by atoms with E-state index in [1.54, 1.807) is 28.9 Å². The lowest BCUT2D eigenvalue weighted by atomic mass is 9.92. The fraction of sp³-hybridized carbons (Fsp3) is 0.333. The Hall–Kier alpha value is -2.93. The van der Waals surface area contributed by atoms with Crippen molar-refractivity contribution in [1.82, 2.24) is 9.78 Å². The maximum absolute atomic E-state index is 12.6. The van der Waals surface area contributed by atoms with Gasteiger partial charge in [-0.25, -0.2) is 13.1 Å². The number of carbonyl (C=O) groups is 1. The van der Waals surface area contributed by atoms with E-state index < -0.39 is 9.84 Å². The van der Waals surface area contributed by atoms with Crippen LogP contribution < -0.4 is 5.32 Å². The number of sulfone groups is 1. The normalized spacial score (nSPS) is 12.0. The number of carbonyl (C=O) groups excluding carboxylic acids is 1.